The van der Waals surface area contributed by atoms with E-state index in [4.69, 9.17) is 16.2 Å². The second-order valence-electron chi connectivity index (χ2n) is 15.5. The maximum atomic E-state index is 16.8. The predicted molar refractivity (Wildman–Crippen MR) is 208 cm³/mol. The number of allylic oxidation sites excluding steroid dienone is 7. The van der Waals surface area contributed by atoms with E-state index in [-0.39, 0.29) is 37.1 Å². The zero-order valence-corrected chi connectivity index (χ0v) is 30.9. The lowest BCUT2D eigenvalue weighted by Gasteiger charge is -2.37. The fourth-order valence-corrected chi connectivity index (χ4v) is 8.52. The number of likely N-dealkylation sites (tertiary alicyclic amines) is 1. The molecule has 6 unspecified atom stereocenters. The van der Waals surface area contributed by atoms with E-state index >= 15 is 4.39 Å². The average molecular weight is 746 g/mol. The lowest BCUT2D eigenvalue weighted by molar-refractivity contribution is -0.134. The van der Waals surface area contributed by atoms with Gasteiger partial charge in [0, 0.05) is 42.1 Å². The van der Waals surface area contributed by atoms with Gasteiger partial charge in [-0.05, 0) is 66.2 Å². The maximum absolute atomic E-state index is 16.8. The van der Waals surface area contributed by atoms with Crippen molar-refractivity contribution in [2.24, 2.45) is 28.3 Å². The molecule has 5 aliphatic rings. The van der Waals surface area contributed by atoms with Crippen LogP contribution in [-0.2, 0) is 16.1 Å². The summed E-state index contributed by atoms with van der Waals surface area (Å²) in [5.41, 5.74) is 19.7. The van der Waals surface area contributed by atoms with Crippen molar-refractivity contribution in [1.82, 2.24) is 29.4 Å². The number of hydrogen-bond acceptors (Lipinski definition) is 7. The summed E-state index contributed by atoms with van der Waals surface area (Å²) in [6.45, 7) is 4.01. The Hall–Kier alpha value is -5.40. The molecule has 0 radical (unpaired) electrons. The number of benzene rings is 1. The minimum atomic E-state index is -1.37. The molecule has 0 spiro atoms. The van der Waals surface area contributed by atoms with E-state index in [9.17, 15) is 9.18 Å². The molecule has 1 saturated heterocycles. The molecule has 284 valence electrons. The van der Waals surface area contributed by atoms with Crippen LogP contribution >= 0.6 is 0 Å². The van der Waals surface area contributed by atoms with Gasteiger partial charge in [0.25, 0.3) is 0 Å². The first-order valence-electron chi connectivity index (χ1n) is 19.2. The number of rotatable bonds is 8. The molecule has 0 bridgehead atoms. The van der Waals surface area contributed by atoms with Crippen LogP contribution in [0.3, 0.4) is 0 Å². The van der Waals surface area contributed by atoms with E-state index in [1.807, 2.05) is 38.4 Å². The Morgan fingerprint density at radius 1 is 1.11 bits per heavy atom. The van der Waals surface area contributed by atoms with Crippen LogP contribution in [0.2, 0.25) is 0 Å². The van der Waals surface area contributed by atoms with Crippen LogP contribution < -0.4 is 11.5 Å². The van der Waals surface area contributed by atoms with E-state index in [0.717, 1.165) is 47.1 Å². The average Bonchev–Trinajstić information content (AvgIpc) is 4.02. The first-order valence-corrected chi connectivity index (χ1v) is 19.2. The van der Waals surface area contributed by atoms with Crippen LogP contribution in [0.15, 0.2) is 89.1 Å². The zero-order chi connectivity index (χ0) is 38.0. The van der Waals surface area contributed by atoms with Crippen molar-refractivity contribution in [3.8, 4) is 11.3 Å². The Bertz CT molecular complexity index is 2360. The van der Waals surface area contributed by atoms with Crippen LogP contribution in [-0.4, -0.2) is 66.5 Å². The summed E-state index contributed by atoms with van der Waals surface area (Å²) in [7, 11) is 0. The number of aromatic amines is 2. The second-order valence-corrected chi connectivity index (χ2v) is 15.5. The van der Waals surface area contributed by atoms with Crippen LogP contribution in [0.5, 0.6) is 0 Å². The van der Waals surface area contributed by atoms with Gasteiger partial charge in [-0.2, -0.15) is 0 Å². The van der Waals surface area contributed by atoms with Gasteiger partial charge in [0.2, 0.25) is 5.91 Å². The topological polar surface area (TPSA) is 156 Å². The first kappa shape index (κ1) is 35.3. The minimum Gasteiger partial charge on any atom is -0.469 e. The number of H-pyrrole nitrogens is 2. The highest BCUT2D eigenvalue weighted by Gasteiger charge is 2.42. The predicted octanol–water partition coefficient (Wildman–Crippen LogP) is 7.12. The fraction of sp³-hybridized carbons (Fsp3) is 0.381. The van der Waals surface area contributed by atoms with Crippen molar-refractivity contribution in [2.45, 2.75) is 83.2 Å². The van der Waals surface area contributed by atoms with E-state index in [0.29, 0.717) is 40.8 Å². The van der Waals surface area contributed by atoms with Crippen molar-refractivity contribution in [2.75, 3.05) is 6.54 Å². The van der Waals surface area contributed by atoms with Crippen LogP contribution in [0.1, 0.15) is 81.3 Å². The third-order valence-electron chi connectivity index (χ3n) is 11.6. The number of nitrogens with zero attached hydrogens (tertiary/aromatic N) is 5. The number of aromatic nitrogens is 5. The molecule has 6 atom stereocenters. The largest absolute Gasteiger partial charge is 0.469 e. The first-order chi connectivity index (χ1) is 26.7. The number of nitrogens with one attached hydrogen (secondary N) is 2. The number of hydrogen-bond donors (Lipinski definition) is 4. The monoisotopic (exact) mass is 745 g/mol. The Morgan fingerprint density at radius 3 is 2.71 bits per heavy atom. The van der Waals surface area contributed by atoms with Crippen molar-refractivity contribution in [1.29, 1.82) is 0 Å². The summed E-state index contributed by atoms with van der Waals surface area (Å²) in [5, 5.41) is 0.958. The molecule has 11 nitrogen and oxygen atoms in total. The van der Waals surface area contributed by atoms with Crippen molar-refractivity contribution in [3.63, 3.8) is 0 Å². The van der Waals surface area contributed by atoms with Crippen LogP contribution in [0, 0.1) is 11.8 Å². The number of fused-ring (bicyclic) bond motifs is 4. The van der Waals surface area contributed by atoms with Gasteiger partial charge in [0.15, 0.2) is 6.23 Å². The normalized spacial score (nSPS) is 25.5. The van der Waals surface area contributed by atoms with Gasteiger partial charge < -0.3 is 35.6 Å². The number of amides is 1. The third kappa shape index (κ3) is 6.28. The Morgan fingerprint density at radius 2 is 1.96 bits per heavy atom. The molecule has 0 saturated carbocycles. The number of ether oxygens (including phenoxy) is 1. The molecule has 13 heteroatoms. The quantitative estimate of drug-likeness (QED) is 0.151. The van der Waals surface area contributed by atoms with Crippen molar-refractivity contribution in [3.05, 3.63) is 107 Å². The number of nitrogens with two attached hydrogens (primary N) is 2. The van der Waals surface area contributed by atoms with Gasteiger partial charge >= 0.3 is 0 Å². The Labute approximate surface area is 317 Å². The molecule has 4 aromatic rings. The molecule has 3 aliphatic heterocycles. The van der Waals surface area contributed by atoms with E-state index in [1.165, 1.54) is 16.0 Å². The standard InChI is InChI=1S/C42H45F2N9O2/c1-22(2)39(46)41(54)52-21-29(43)16-35(52)40-49-20-32(51-40)27-13-30(44)38-34-14-28-12-25(31-19-48-37(17-45)50-31)9-10-33(28)53(34)42(55-36(38)15-27)24-7-5-23(6-8-24)26-4-3-11-47-18-26/h5-7,9-12,14-15,18-20,22,24,29-30,35,39,42H,3-4,8,13,16-17,21,45-46H2,1-2H3,(H,48,50)(H,49,51). The molecule has 9 rings (SSSR count). The molecule has 1 amide bonds. The summed E-state index contributed by atoms with van der Waals surface area (Å²) >= 11 is 0. The van der Waals surface area contributed by atoms with E-state index in [2.05, 4.69) is 65.9 Å². The molecular weight excluding hydrogens is 701 g/mol. The highest BCUT2D eigenvalue weighted by Crippen LogP contribution is 2.48. The SMILES string of the molecule is CC(C)C(N)C(=O)N1CC(F)CC1c1ncc(C2=CC3=C(c4cc5cc(-c6cnc(CN)[nH]6)ccc5n4C(C4C=CC(C5=CN=CCC5)=CC4)O3)C(F)C2)[nH]1. The van der Waals surface area contributed by atoms with Gasteiger partial charge in [-0.1, -0.05) is 38.1 Å². The van der Waals surface area contributed by atoms with E-state index in [1.54, 1.807) is 12.4 Å². The number of halogens is 2. The van der Waals surface area contributed by atoms with Gasteiger partial charge in [-0.25, -0.2) is 18.7 Å². The summed E-state index contributed by atoms with van der Waals surface area (Å²) < 4.78 is 40.6. The maximum Gasteiger partial charge on any atom is 0.240 e. The molecule has 1 fully saturated rings. The molecule has 2 aliphatic carbocycles. The van der Waals surface area contributed by atoms with Gasteiger partial charge in [0.05, 0.1) is 65.7 Å². The minimum absolute atomic E-state index is 0.0356. The summed E-state index contributed by atoms with van der Waals surface area (Å²) in [4.78, 5) is 34.7. The molecule has 6 N–H and O–H groups in total. The van der Waals surface area contributed by atoms with Crippen molar-refractivity contribution >= 4 is 34.2 Å². The van der Waals surface area contributed by atoms with E-state index < -0.39 is 30.7 Å². The van der Waals surface area contributed by atoms with Crippen LogP contribution in [0.25, 0.3) is 33.3 Å². The number of carbonyl (C=O) groups is 1. The number of carbonyl (C=O) groups excluding carboxylic acids is 1. The molecule has 3 aromatic heterocycles. The van der Waals surface area contributed by atoms with Gasteiger partial charge in [-0.15, -0.1) is 0 Å². The number of alkyl halides is 2. The van der Waals surface area contributed by atoms with Crippen LogP contribution in [0.4, 0.5) is 8.78 Å². The summed E-state index contributed by atoms with van der Waals surface area (Å²) in [5.74, 6) is 1.20. The highest BCUT2D eigenvalue weighted by molar-refractivity contribution is 5.92. The number of aliphatic imine (C=N–C) groups is 1. The molecule has 6 heterocycles. The fourth-order valence-electron chi connectivity index (χ4n) is 8.52. The van der Waals surface area contributed by atoms with Gasteiger partial charge in [0.1, 0.15) is 29.8 Å². The molecule has 1 aromatic carbocycles. The molecular formula is C42H45F2N9O2. The highest BCUT2D eigenvalue weighted by atomic mass is 19.1. The number of imidazole rings is 2. The zero-order valence-electron chi connectivity index (χ0n) is 30.9. The molecule has 55 heavy (non-hydrogen) atoms. The summed E-state index contributed by atoms with van der Waals surface area (Å²) in [6, 6.07) is 6.92. The summed E-state index contributed by atoms with van der Waals surface area (Å²) in [6.07, 6.45) is 15.6. The van der Waals surface area contributed by atoms with Gasteiger partial charge in [-0.3, -0.25) is 9.79 Å². The third-order valence-corrected chi connectivity index (χ3v) is 11.6. The Kier molecular flexibility index (Phi) is 9.01. The smallest absolute Gasteiger partial charge is 0.240 e. The Balaban J connectivity index is 1.08. The lowest BCUT2D eigenvalue weighted by Crippen LogP contribution is -2.46. The van der Waals surface area contributed by atoms with Crippen molar-refractivity contribution < 1.29 is 18.3 Å². The second kappa shape index (κ2) is 14.0. The lowest BCUT2D eigenvalue weighted by atomic mass is 9.88.